The van der Waals surface area contributed by atoms with E-state index in [1.807, 2.05) is 0 Å². The molecule has 1 heterocycles. The molecule has 0 unspecified atom stereocenters. The van der Waals surface area contributed by atoms with Crippen LogP contribution in [0.3, 0.4) is 0 Å². The van der Waals surface area contributed by atoms with Crippen LogP contribution >= 0.6 is 11.6 Å². The van der Waals surface area contributed by atoms with E-state index in [9.17, 15) is 21.6 Å². The molecule has 0 atom stereocenters. The van der Waals surface area contributed by atoms with Gasteiger partial charge in [0.1, 0.15) is 0 Å². The van der Waals surface area contributed by atoms with Gasteiger partial charge in [-0.1, -0.05) is 17.7 Å². The second-order valence-corrected chi connectivity index (χ2v) is 8.04. The molecule has 0 bridgehead atoms. The van der Waals surface area contributed by atoms with Gasteiger partial charge in [-0.15, -0.1) is 0 Å². The van der Waals surface area contributed by atoms with Crippen LogP contribution in [0.2, 0.25) is 5.02 Å². The van der Waals surface area contributed by atoms with E-state index in [4.69, 9.17) is 21.1 Å². The molecule has 10 heteroatoms. The highest BCUT2D eigenvalue weighted by Crippen LogP contribution is 2.37. The Bertz CT molecular complexity index is 947. The molecule has 140 valence electrons. The number of nitrogens with zero attached hydrogens (tertiary/aromatic N) is 1. The zero-order valence-electron chi connectivity index (χ0n) is 13.4. The molecular formula is C16H13ClF3NO4S. The van der Waals surface area contributed by atoms with Gasteiger partial charge in [-0.25, -0.2) is 8.42 Å². The van der Waals surface area contributed by atoms with E-state index in [1.165, 1.54) is 7.05 Å². The monoisotopic (exact) mass is 407 g/mol. The second-order valence-electron chi connectivity index (χ2n) is 5.59. The first kappa shape index (κ1) is 18.8. The fourth-order valence-corrected chi connectivity index (χ4v) is 3.85. The molecular weight excluding hydrogens is 395 g/mol. The number of ether oxygens (including phenoxy) is 2. The third-order valence-electron chi connectivity index (χ3n) is 3.79. The Morgan fingerprint density at radius 1 is 1.12 bits per heavy atom. The number of halogens is 4. The maximum absolute atomic E-state index is 13.0. The highest BCUT2D eigenvalue weighted by atomic mass is 35.5. The number of hydrogen-bond acceptors (Lipinski definition) is 4. The second kappa shape index (κ2) is 6.64. The molecule has 0 spiro atoms. The zero-order chi connectivity index (χ0) is 19.1. The van der Waals surface area contributed by atoms with Gasteiger partial charge >= 0.3 is 6.18 Å². The molecule has 2 aromatic rings. The Hall–Kier alpha value is -1.97. The average Bonchev–Trinajstić information content (AvgIpc) is 3.01. The summed E-state index contributed by atoms with van der Waals surface area (Å²) < 4.78 is 75.5. The van der Waals surface area contributed by atoms with Gasteiger partial charge in [0.15, 0.2) is 11.5 Å². The van der Waals surface area contributed by atoms with Gasteiger partial charge in [0.25, 0.3) is 0 Å². The van der Waals surface area contributed by atoms with E-state index >= 15 is 0 Å². The summed E-state index contributed by atoms with van der Waals surface area (Å²) in [5.41, 5.74) is -0.595. The molecule has 0 aromatic heterocycles. The highest BCUT2D eigenvalue weighted by molar-refractivity contribution is 7.89. The quantitative estimate of drug-likeness (QED) is 0.771. The third kappa shape index (κ3) is 3.60. The number of fused-ring (bicyclic) bond motifs is 1. The van der Waals surface area contributed by atoms with E-state index in [0.29, 0.717) is 23.1 Å². The van der Waals surface area contributed by atoms with Gasteiger partial charge < -0.3 is 9.47 Å². The zero-order valence-corrected chi connectivity index (χ0v) is 15.0. The van der Waals surface area contributed by atoms with E-state index in [2.05, 4.69) is 0 Å². The Kier molecular flexibility index (Phi) is 4.80. The molecule has 1 aliphatic rings. The topological polar surface area (TPSA) is 55.8 Å². The highest BCUT2D eigenvalue weighted by Gasteiger charge is 2.35. The summed E-state index contributed by atoms with van der Waals surface area (Å²) in [6.07, 6.45) is -4.75. The van der Waals surface area contributed by atoms with Crippen molar-refractivity contribution < 1.29 is 31.1 Å². The lowest BCUT2D eigenvalue weighted by atomic mass is 10.2. The Morgan fingerprint density at radius 3 is 2.50 bits per heavy atom. The molecule has 0 saturated carbocycles. The SMILES string of the molecule is CN(Cc1ccc2c(c1)OCO2)S(=O)(=O)c1ccc(Cl)c(C(F)(F)F)c1. The van der Waals surface area contributed by atoms with Crippen molar-refractivity contribution in [2.45, 2.75) is 17.6 Å². The Labute approximate surface area is 152 Å². The van der Waals surface area contributed by atoms with Gasteiger partial charge in [-0.2, -0.15) is 17.5 Å². The van der Waals surface area contributed by atoms with Crippen molar-refractivity contribution in [3.63, 3.8) is 0 Å². The molecule has 0 N–H and O–H groups in total. The van der Waals surface area contributed by atoms with Gasteiger partial charge in [0.2, 0.25) is 16.8 Å². The first-order chi connectivity index (χ1) is 12.1. The number of rotatable bonds is 4. The number of benzene rings is 2. The number of alkyl halides is 3. The maximum Gasteiger partial charge on any atom is 0.417 e. The lowest BCUT2D eigenvalue weighted by Gasteiger charge is -2.19. The molecule has 0 saturated heterocycles. The maximum atomic E-state index is 13.0. The van der Waals surface area contributed by atoms with E-state index < -0.39 is 31.7 Å². The molecule has 1 aliphatic heterocycles. The fraction of sp³-hybridized carbons (Fsp3) is 0.250. The first-order valence-electron chi connectivity index (χ1n) is 7.30. The summed E-state index contributed by atoms with van der Waals surface area (Å²) in [5.74, 6) is 1.03. The number of sulfonamides is 1. The van der Waals surface area contributed by atoms with Crippen molar-refractivity contribution in [2.24, 2.45) is 0 Å². The van der Waals surface area contributed by atoms with Crippen LogP contribution in [0.5, 0.6) is 11.5 Å². The van der Waals surface area contributed by atoms with Gasteiger partial charge in [0, 0.05) is 13.6 Å². The average molecular weight is 408 g/mol. The molecule has 0 radical (unpaired) electrons. The summed E-state index contributed by atoms with van der Waals surface area (Å²) in [5, 5.41) is -0.560. The Morgan fingerprint density at radius 2 is 1.81 bits per heavy atom. The lowest BCUT2D eigenvalue weighted by Crippen LogP contribution is -2.26. The van der Waals surface area contributed by atoms with Gasteiger partial charge in [0.05, 0.1) is 15.5 Å². The molecule has 26 heavy (non-hydrogen) atoms. The molecule has 0 amide bonds. The predicted octanol–water partition coefficient (Wildman–Crippen LogP) is 3.91. The van der Waals surface area contributed by atoms with Crippen molar-refractivity contribution in [1.29, 1.82) is 0 Å². The van der Waals surface area contributed by atoms with Crippen molar-refractivity contribution in [3.05, 3.63) is 52.5 Å². The fourth-order valence-electron chi connectivity index (χ4n) is 2.44. The summed E-state index contributed by atoms with van der Waals surface area (Å²) in [6, 6.07) is 7.42. The van der Waals surface area contributed by atoms with Crippen LogP contribution in [0.1, 0.15) is 11.1 Å². The molecule has 2 aromatic carbocycles. The van der Waals surface area contributed by atoms with Crippen LogP contribution in [0.25, 0.3) is 0 Å². The third-order valence-corrected chi connectivity index (χ3v) is 5.92. The van der Waals surface area contributed by atoms with Gasteiger partial charge in [-0.05, 0) is 35.9 Å². The van der Waals surface area contributed by atoms with E-state index in [0.717, 1.165) is 16.4 Å². The van der Waals surface area contributed by atoms with E-state index in [-0.39, 0.29) is 13.3 Å². The smallest absolute Gasteiger partial charge is 0.417 e. The molecule has 5 nitrogen and oxygen atoms in total. The minimum atomic E-state index is -4.75. The number of hydrogen-bond donors (Lipinski definition) is 0. The Balaban J connectivity index is 1.88. The summed E-state index contributed by atoms with van der Waals surface area (Å²) in [6.45, 7) is 0.0286. The lowest BCUT2D eigenvalue weighted by molar-refractivity contribution is -0.137. The van der Waals surface area contributed by atoms with Crippen LogP contribution in [0.15, 0.2) is 41.3 Å². The summed E-state index contributed by atoms with van der Waals surface area (Å²) in [7, 11) is -2.87. The normalized spacial score (nSPS) is 14.1. The minimum Gasteiger partial charge on any atom is -0.454 e. The largest absolute Gasteiger partial charge is 0.454 e. The summed E-state index contributed by atoms with van der Waals surface area (Å²) >= 11 is 5.54. The predicted molar refractivity (Wildman–Crippen MR) is 87.7 cm³/mol. The molecule has 0 aliphatic carbocycles. The van der Waals surface area contributed by atoms with Crippen LogP contribution < -0.4 is 9.47 Å². The van der Waals surface area contributed by atoms with Crippen LogP contribution in [-0.2, 0) is 22.7 Å². The standard InChI is InChI=1S/C16H13ClF3NO4S/c1-21(8-10-2-5-14-15(6-10)25-9-24-14)26(22,23)11-3-4-13(17)12(7-11)16(18,19)20/h2-7H,8-9H2,1H3. The van der Waals surface area contributed by atoms with Crippen molar-refractivity contribution in [2.75, 3.05) is 13.8 Å². The van der Waals surface area contributed by atoms with Crippen LogP contribution in [0.4, 0.5) is 13.2 Å². The van der Waals surface area contributed by atoms with Crippen LogP contribution in [-0.4, -0.2) is 26.6 Å². The summed E-state index contributed by atoms with van der Waals surface area (Å²) in [4.78, 5) is -0.488. The van der Waals surface area contributed by atoms with Gasteiger partial charge in [-0.3, -0.25) is 0 Å². The first-order valence-corrected chi connectivity index (χ1v) is 9.12. The molecule has 3 rings (SSSR count). The van der Waals surface area contributed by atoms with Crippen molar-refractivity contribution in [3.8, 4) is 11.5 Å². The van der Waals surface area contributed by atoms with Crippen LogP contribution in [0, 0.1) is 0 Å². The molecule has 0 fully saturated rings. The minimum absolute atomic E-state index is 0.0526. The van der Waals surface area contributed by atoms with Crippen molar-refractivity contribution in [1.82, 2.24) is 4.31 Å². The van der Waals surface area contributed by atoms with E-state index in [1.54, 1.807) is 18.2 Å². The van der Waals surface area contributed by atoms with Crippen molar-refractivity contribution >= 4 is 21.6 Å².